The predicted octanol–water partition coefficient (Wildman–Crippen LogP) is 2.29. The zero-order chi connectivity index (χ0) is 11.8. The molecule has 0 unspecified atom stereocenters. The average Bonchev–Trinajstić information content (AvgIpc) is 2.76. The molecule has 3 aromatic rings. The molecule has 0 atom stereocenters. The predicted molar refractivity (Wildman–Crippen MR) is 67.6 cm³/mol. The Morgan fingerprint density at radius 3 is 2.94 bits per heavy atom. The molecule has 0 amide bonds. The Kier molecular flexibility index (Phi) is 2.08. The fourth-order valence-corrected chi connectivity index (χ4v) is 1.78. The van der Waals surface area contributed by atoms with Gasteiger partial charge in [-0.2, -0.15) is 0 Å². The topological polar surface area (TPSA) is 56.2 Å². The Morgan fingerprint density at radius 1 is 1.29 bits per heavy atom. The smallest absolute Gasteiger partial charge is 0.155 e. The number of nitrogens with zero attached hydrogens (tertiary/aromatic N) is 3. The first-order valence-corrected chi connectivity index (χ1v) is 5.39. The van der Waals surface area contributed by atoms with Crippen LogP contribution < -0.4 is 5.73 Å². The highest BCUT2D eigenvalue weighted by atomic mass is 15.0. The summed E-state index contributed by atoms with van der Waals surface area (Å²) in [5.74, 6) is 0. The number of nitrogen functional groups attached to an aromatic ring is 1. The van der Waals surface area contributed by atoms with Crippen molar-refractivity contribution < 1.29 is 0 Å². The van der Waals surface area contributed by atoms with Crippen molar-refractivity contribution in [2.75, 3.05) is 5.73 Å². The van der Waals surface area contributed by atoms with Crippen LogP contribution in [-0.2, 0) is 0 Å². The van der Waals surface area contributed by atoms with E-state index in [2.05, 4.69) is 9.97 Å². The minimum atomic E-state index is 0.790. The zero-order valence-corrected chi connectivity index (χ0v) is 9.46. The van der Waals surface area contributed by atoms with Gasteiger partial charge in [0.15, 0.2) is 5.65 Å². The van der Waals surface area contributed by atoms with Gasteiger partial charge in [0.25, 0.3) is 0 Å². The molecule has 0 spiro atoms. The molecule has 2 heterocycles. The van der Waals surface area contributed by atoms with Crippen LogP contribution in [-0.4, -0.2) is 14.4 Å². The van der Waals surface area contributed by atoms with E-state index in [1.807, 2.05) is 41.9 Å². The van der Waals surface area contributed by atoms with Gasteiger partial charge in [-0.25, -0.2) is 4.98 Å². The monoisotopic (exact) mass is 224 g/mol. The molecular formula is C13H12N4. The number of imidazole rings is 1. The van der Waals surface area contributed by atoms with E-state index >= 15 is 0 Å². The van der Waals surface area contributed by atoms with Crippen molar-refractivity contribution in [1.82, 2.24) is 14.4 Å². The van der Waals surface area contributed by atoms with Crippen molar-refractivity contribution in [2.24, 2.45) is 0 Å². The lowest BCUT2D eigenvalue weighted by Crippen LogP contribution is -1.89. The molecule has 3 rings (SSSR count). The molecule has 0 radical (unpaired) electrons. The van der Waals surface area contributed by atoms with Gasteiger partial charge >= 0.3 is 0 Å². The van der Waals surface area contributed by atoms with Crippen LogP contribution in [0.1, 0.15) is 5.56 Å². The molecule has 0 fully saturated rings. The van der Waals surface area contributed by atoms with Gasteiger partial charge in [-0.15, -0.1) is 0 Å². The van der Waals surface area contributed by atoms with Crippen LogP contribution >= 0.6 is 0 Å². The summed E-state index contributed by atoms with van der Waals surface area (Å²) in [5.41, 5.74) is 10.5. The molecule has 84 valence electrons. The molecule has 4 nitrogen and oxygen atoms in total. The summed E-state index contributed by atoms with van der Waals surface area (Å²) in [7, 11) is 0. The lowest BCUT2D eigenvalue weighted by atomic mass is 10.1. The van der Waals surface area contributed by atoms with Crippen LogP contribution in [0.15, 0.2) is 43.0 Å². The second-order valence-corrected chi connectivity index (χ2v) is 4.04. The molecule has 0 saturated carbocycles. The number of hydrogen-bond acceptors (Lipinski definition) is 3. The Balaban J connectivity index is 2.17. The van der Waals surface area contributed by atoms with Gasteiger partial charge in [0.1, 0.15) is 0 Å². The summed E-state index contributed by atoms with van der Waals surface area (Å²) in [6, 6.07) is 5.98. The van der Waals surface area contributed by atoms with Crippen molar-refractivity contribution in [3.8, 4) is 11.3 Å². The molecule has 0 aliphatic rings. The summed E-state index contributed by atoms with van der Waals surface area (Å²) in [5, 5.41) is 0. The Bertz CT molecular complexity index is 652. The minimum Gasteiger partial charge on any atom is -0.398 e. The number of benzene rings is 1. The van der Waals surface area contributed by atoms with Gasteiger partial charge in [0, 0.05) is 29.8 Å². The SMILES string of the molecule is Cc1ccc(-c2cn3ccncc3n2)cc1N. The Hall–Kier alpha value is -2.36. The van der Waals surface area contributed by atoms with Crippen LogP contribution in [0, 0.1) is 6.92 Å². The van der Waals surface area contributed by atoms with Crippen molar-refractivity contribution in [3.05, 3.63) is 48.5 Å². The summed E-state index contributed by atoms with van der Waals surface area (Å²) in [4.78, 5) is 8.54. The molecule has 1 aromatic carbocycles. The first kappa shape index (κ1) is 9.84. The third-order valence-electron chi connectivity index (χ3n) is 2.84. The lowest BCUT2D eigenvalue weighted by molar-refractivity contribution is 1.13. The van der Waals surface area contributed by atoms with Gasteiger partial charge in [-0.1, -0.05) is 12.1 Å². The van der Waals surface area contributed by atoms with Gasteiger partial charge in [0.2, 0.25) is 0 Å². The van der Waals surface area contributed by atoms with Crippen LogP contribution in [0.25, 0.3) is 16.9 Å². The van der Waals surface area contributed by atoms with Crippen LogP contribution in [0.5, 0.6) is 0 Å². The maximum Gasteiger partial charge on any atom is 0.155 e. The fourth-order valence-electron chi connectivity index (χ4n) is 1.78. The van der Waals surface area contributed by atoms with E-state index in [0.29, 0.717) is 0 Å². The van der Waals surface area contributed by atoms with E-state index in [0.717, 1.165) is 28.2 Å². The molecule has 4 heteroatoms. The zero-order valence-electron chi connectivity index (χ0n) is 9.46. The number of nitrogens with two attached hydrogens (primary N) is 1. The molecule has 2 aromatic heterocycles. The average molecular weight is 224 g/mol. The number of aryl methyl sites for hydroxylation is 1. The van der Waals surface area contributed by atoms with E-state index in [4.69, 9.17) is 5.73 Å². The van der Waals surface area contributed by atoms with Crippen molar-refractivity contribution in [2.45, 2.75) is 6.92 Å². The lowest BCUT2D eigenvalue weighted by Gasteiger charge is -2.01. The van der Waals surface area contributed by atoms with Crippen LogP contribution in [0.4, 0.5) is 5.69 Å². The maximum absolute atomic E-state index is 5.91. The number of aromatic nitrogens is 3. The molecule has 0 saturated heterocycles. The molecule has 2 N–H and O–H groups in total. The number of fused-ring (bicyclic) bond motifs is 1. The second kappa shape index (κ2) is 3.59. The summed E-state index contributed by atoms with van der Waals surface area (Å²) in [6.45, 7) is 1.99. The highest BCUT2D eigenvalue weighted by molar-refractivity contribution is 5.67. The quantitative estimate of drug-likeness (QED) is 0.645. The van der Waals surface area contributed by atoms with Gasteiger partial charge in [0.05, 0.1) is 11.9 Å². The van der Waals surface area contributed by atoms with Crippen molar-refractivity contribution >= 4 is 11.3 Å². The van der Waals surface area contributed by atoms with E-state index in [1.165, 1.54) is 0 Å². The second-order valence-electron chi connectivity index (χ2n) is 4.04. The fraction of sp³-hybridized carbons (Fsp3) is 0.0769. The maximum atomic E-state index is 5.91. The van der Waals surface area contributed by atoms with Gasteiger partial charge in [-0.3, -0.25) is 4.98 Å². The van der Waals surface area contributed by atoms with Gasteiger partial charge < -0.3 is 10.1 Å². The Labute approximate surface area is 98.8 Å². The van der Waals surface area contributed by atoms with Crippen LogP contribution in [0.3, 0.4) is 0 Å². The molecule has 0 bridgehead atoms. The highest BCUT2D eigenvalue weighted by Gasteiger charge is 2.05. The third-order valence-corrected chi connectivity index (χ3v) is 2.84. The highest BCUT2D eigenvalue weighted by Crippen LogP contribution is 2.23. The largest absolute Gasteiger partial charge is 0.398 e. The summed E-state index contributed by atoms with van der Waals surface area (Å²) >= 11 is 0. The number of rotatable bonds is 1. The minimum absolute atomic E-state index is 0.790. The van der Waals surface area contributed by atoms with E-state index in [9.17, 15) is 0 Å². The van der Waals surface area contributed by atoms with Crippen molar-refractivity contribution in [1.29, 1.82) is 0 Å². The Morgan fingerprint density at radius 2 is 2.18 bits per heavy atom. The normalized spacial score (nSPS) is 10.9. The molecule has 0 aliphatic carbocycles. The molecule has 0 aliphatic heterocycles. The number of hydrogen-bond donors (Lipinski definition) is 1. The first-order chi connectivity index (χ1) is 8.24. The van der Waals surface area contributed by atoms with E-state index in [-0.39, 0.29) is 0 Å². The molecule has 17 heavy (non-hydrogen) atoms. The first-order valence-electron chi connectivity index (χ1n) is 5.39. The van der Waals surface area contributed by atoms with Crippen molar-refractivity contribution in [3.63, 3.8) is 0 Å². The standard InChI is InChI=1S/C13H12N4/c1-9-2-3-10(6-11(9)14)12-8-17-5-4-15-7-13(17)16-12/h2-8H,14H2,1H3. The van der Waals surface area contributed by atoms with E-state index in [1.54, 1.807) is 12.4 Å². The molecular weight excluding hydrogens is 212 g/mol. The summed E-state index contributed by atoms with van der Waals surface area (Å²) in [6.07, 6.45) is 7.33. The summed E-state index contributed by atoms with van der Waals surface area (Å²) < 4.78 is 1.94. The van der Waals surface area contributed by atoms with E-state index < -0.39 is 0 Å². The van der Waals surface area contributed by atoms with Gasteiger partial charge in [-0.05, 0) is 18.6 Å². The third kappa shape index (κ3) is 1.63. The van der Waals surface area contributed by atoms with Crippen LogP contribution in [0.2, 0.25) is 0 Å². The number of anilines is 1.